The van der Waals surface area contributed by atoms with Gasteiger partial charge in [0, 0.05) is 11.6 Å². The molecule has 0 amide bonds. The van der Waals surface area contributed by atoms with Crippen LogP contribution in [0.2, 0.25) is 5.02 Å². The third-order valence-electron chi connectivity index (χ3n) is 2.04. The summed E-state index contributed by atoms with van der Waals surface area (Å²) >= 11 is 5.66. The van der Waals surface area contributed by atoms with Crippen LogP contribution in [-0.2, 0) is 14.8 Å². The van der Waals surface area contributed by atoms with Gasteiger partial charge in [-0.05, 0) is 18.2 Å². The van der Waals surface area contributed by atoms with Crippen molar-refractivity contribution in [3.8, 4) is 0 Å². The molecule has 1 aromatic rings. The van der Waals surface area contributed by atoms with Gasteiger partial charge in [-0.25, -0.2) is 21.9 Å². The maximum Gasteiger partial charge on any atom is 0.261 e. The number of hydrogen-bond donors (Lipinski definition) is 2. The van der Waals surface area contributed by atoms with Crippen LogP contribution in [0.15, 0.2) is 23.1 Å². The molecule has 0 saturated carbocycles. The molecular formula is C10H13ClF2N2O3S. The summed E-state index contributed by atoms with van der Waals surface area (Å²) in [5.74, 6) is 0. The Hall–Kier alpha value is -0.960. The molecule has 19 heavy (non-hydrogen) atoms. The van der Waals surface area contributed by atoms with Gasteiger partial charge in [0.05, 0.1) is 12.3 Å². The average molecular weight is 315 g/mol. The topological polar surface area (TPSA) is 81.4 Å². The second kappa shape index (κ2) is 6.99. The zero-order valence-electron chi connectivity index (χ0n) is 9.77. The Kier molecular flexibility index (Phi) is 5.92. The van der Waals surface area contributed by atoms with E-state index < -0.39 is 23.1 Å². The maximum atomic E-state index is 11.8. The largest absolute Gasteiger partial charge is 0.398 e. The molecule has 1 aromatic carbocycles. The molecule has 5 nitrogen and oxygen atoms in total. The smallest absolute Gasteiger partial charge is 0.261 e. The molecule has 9 heteroatoms. The first kappa shape index (κ1) is 16.1. The summed E-state index contributed by atoms with van der Waals surface area (Å²) < 4.78 is 53.9. The molecule has 0 saturated heterocycles. The monoisotopic (exact) mass is 314 g/mol. The lowest BCUT2D eigenvalue weighted by atomic mass is 10.3. The number of anilines is 1. The summed E-state index contributed by atoms with van der Waals surface area (Å²) in [4.78, 5) is -0.120. The highest BCUT2D eigenvalue weighted by molar-refractivity contribution is 7.89. The van der Waals surface area contributed by atoms with E-state index in [1.165, 1.54) is 18.2 Å². The predicted octanol–water partition coefficient (Wildman–Crippen LogP) is 1.48. The number of rotatable bonds is 7. The van der Waals surface area contributed by atoms with E-state index in [0.717, 1.165) is 0 Å². The Labute approximate surface area is 114 Å². The number of nitrogens with one attached hydrogen (secondary N) is 1. The fraction of sp³-hybridized carbons (Fsp3) is 0.400. The predicted molar refractivity (Wildman–Crippen MR) is 67.9 cm³/mol. The lowest BCUT2D eigenvalue weighted by molar-refractivity contribution is 0.0199. The van der Waals surface area contributed by atoms with Gasteiger partial charge in [-0.2, -0.15) is 0 Å². The maximum absolute atomic E-state index is 11.8. The number of nitrogens with two attached hydrogens (primary N) is 1. The highest BCUT2D eigenvalue weighted by Crippen LogP contribution is 2.21. The number of halogens is 3. The lowest BCUT2D eigenvalue weighted by Crippen LogP contribution is -2.28. The standard InChI is InChI=1S/C10H13ClF2N2O3S/c11-7-1-2-9(8(14)5-7)19(16,17)15-3-4-18-6-10(12)13/h1-2,5,10,15H,3-4,6,14H2. The average Bonchev–Trinajstić information content (AvgIpc) is 2.27. The molecule has 0 bridgehead atoms. The Morgan fingerprint density at radius 2 is 2.11 bits per heavy atom. The molecule has 0 unspecified atom stereocenters. The molecule has 1 rings (SSSR count). The minimum Gasteiger partial charge on any atom is -0.398 e. The first-order valence-corrected chi connectivity index (χ1v) is 7.09. The van der Waals surface area contributed by atoms with Crippen molar-refractivity contribution in [2.45, 2.75) is 11.3 Å². The molecule has 0 aliphatic heterocycles. The molecule has 0 fully saturated rings. The van der Waals surface area contributed by atoms with E-state index >= 15 is 0 Å². The van der Waals surface area contributed by atoms with Gasteiger partial charge in [0.2, 0.25) is 10.0 Å². The third-order valence-corrected chi connectivity index (χ3v) is 3.81. The van der Waals surface area contributed by atoms with Gasteiger partial charge in [0.15, 0.2) is 0 Å². The van der Waals surface area contributed by atoms with Crippen LogP contribution in [0.4, 0.5) is 14.5 Å². The van der Waals surface area contributed by atoms with Gasteiger partial charge in [0.1, 0.15) is 11.5 Å². The molecule has 108 valence electrons. The molecule has 0 spiro atoms. The van der Waals surface area contributed by atoms with E-state index in [4.69, 9.17) is 17.3 Å². The molecule has 0 radical (unpaired) electrons. The normalized spacial score (nSPS) is 12.0. The minimum absolute atomic E-state index is 0.00787. The van der Waals surface area contributed by atoms with E-state index in [1.807, 2.05) is 0 Å². The Morgan fingerprint density at radius 1 is 1.42 bits per heavy atom. The molecule has 3 N–H and O–H groups in total. The first-order chi connectivity index (χ1) is 8.83. The van der Waals surface area contributed by atoms with E-state index in [0.29, 0.717) is 5.02 Å². The summed E-state index contributed by atoms with van der Waals surface area (Å²) in [5.41, 5.74) is 5.55. The van der Waals surface area contributed by atoms with E-state index in [9.17, 15) is 17.2 Å². The van der Waals surface area contributed by atoms with Crippen molar-refractivity contribution in [3.63, 3.8) is 0 Å². The number of benzene rings is 1. The van der Waals surface area contributed by atoms with Crippen LogP contribution < -0.4 is 10.5 Å². The van der Waals surface area contributed by atoms with Crippen LogP contribution in [0.1, 0.15) is 0 Å². The van der Waals surface area contributed by atoms with Crippen LogP contribution in [0.3, 0.4) is 0 Å². The second-order valence-electron chi connectivity index (χ2n) is 3.55. The van der Waals surface area contributed by atoms with Crippen LogP contribution in [0.5, 0.6) is 0 Å². The third kappa shape index (κ3) is 5.27. The molecule has 0 atom stereocenters. The Morgan fingerprint density at radius 3 is 2.68 bits per heavy atom. The molecular weight excluding hydrogens is 302 g/mol. The van der Waals surface area contributed by atoms with Crippen molar-refractivity contribution in [1.29, 1.82) is 0 Å². The van der Waals surface area contributed by atoms with Crippen molar-refractivity contribution in [2.24, 2.45) is 0 Å². The van der Waals surface area contributed by atoms with Gasteiger partial charge >= 0.3 is 0 Å². The fourth-order valence-corrected chi connectivity index (χ4v) is 2.57. The van der Waals surface area contributed by atoms with Crippen LogP contribution in [0, 0.1) is 0 Å². The Bertz CT molecular complexity index is 526. The number of hydrogen-bond acceptors (Lipinski definition) is 4. The van der Waals surface area contributed by atoms with Crippen molar-refractivity contribution in [1.82, 2.24) is 4.72 Å². The van der Waals surface area contributed by atoms with Gasteiger partial charge in [0.25, 0.3) is 6.43 Å². The number of sulfonamides is 1. The zero-order chi connectivity index (χ0) is 14.5. The van der Waals surface area contributed by atoms with E-state index in [1.54, 1.807) is 0 Å². The van der Waals surface area contributed by atoms with Crippen molar-refractivity contribution in [3.05, 3.63) is 23.2 Å². The summed E-state index contributed by atoms with van der Waals surface area (Å²) in [6, 6.07) is 3.96. The second-order valence-corrected chi connectivity index (χ2v) is 5.72. The molecule has 0 aliphatic carbocycles. The summed E-state index contributed by atoms with van der Waals surface area (Å²) in [7, 11) is -3.81. The van der Waals surface area contributed by atoms with Gasteiger partial charge in [-0.3, -0.25) is 0 Å². The van der Waals surface area contributed by atoms with Gasteiger partial charge in [-0.15, -0.1) is 0 Å². The van der Waals surface area contributed by atoms with Crippen molar-refractivity contribution in [2.75, 3.05) is 25.5 Å². The van der Waals surface area contributed by atoms with Crippen molar-refractivity contribution >= 4 is 27.3 Å². The molecule has 0 heterocycles. The quantitative estimate of drug-likeness (QED) is 0.590. The molecule has 0 aliphatic rings. The highest BCUT2D eigenvalue weighted by atomic mass is 35.5. The van der Waals surface area contributed by atoms with Gasteiger partial charge in [-0.1, -0.05) is 11.6 Å². The number of ether oxygens (including phenoxy) is 1. The number of alkyl halides is 2. The summed E-state index contributed by atoms with van der Waals surface area (Å²) in [6.07, 6.45) is -2.58. The fourth-order valence-electron chi connectivity index (χ4n) is 1.26. The first-order valence-electron chi connectivity index (χ1n) is 5.23. The van der Waals surface area contributed by atoms with E-state index in [2.05, 4.69) is 9.46 Å². The minimum atomic E-state index is -3.81. The summed E-state index contributed by atoms with van der Waals surface area (Å²) in [5, 5.41) is 0.316. The summed E-state index contributed by atoms with van der Waals surface area (Å²) in [6.45, 7) is -1.01. The Balaban J connectivity index is 2.56. The van der Waals surface area contributed by atoms with Gasteiger partial charge < -0.3 is 10.5 Å². The molecule has 0 aromatic heterocycles. The van der Waals surface area contributed by atoms with E-state index in [-0.39, 0.29) is 23.7 Å². The highest BCUT2D eigenvalue weighted by Gasteiger charge is 2.16. The zero-order valence-corrected chi connectivity index (χ0v) is 11.3. The lowest BCUT2D eigenvalue weighted by Gasteiger charge is -2.09. The van der Waals surface area contributed by atoms with Crippen LogP contribution in [0.25, 0.3) is 0 Å². The van der Waals surface area contributed by atoms with Crippen LogP contribution in [-0.4, -0.2) is 34.6 Å². The van der Waals surface area contributed by atoms with Crippen LogP contribution >= 0.6 is 11.6 Å². The van der Waals surface area contributed by atoms with Crippen molar-refractivity contribution < 1.29 is 21.9 Å². The number of nitrogen functional groups attached to an aromatic ring is 1. The SMILES string of the molecule is Nc1cc(Cl)ccc1S(=O)(=O)NCCOCC(F)F.